The van der Waals surface area contributed by atoms with Crippen molar-refractivity contribution in [2.75, 3.05) is 14.2 Å². The number of nitrogens with zero attached hydrogens (tertiary/aromatic N) is 1. The lowest BCUT2D eigenvalue weighted by atomic mass is 9.77. The number of hydrogen-bond donors (Lipinski definition) is 0. The second-order valence-electron chi connectivity index (χ2n) is 8.21. The van der Waals surface area contributed by atoms with E-state index in [1.807, 2.05) is 55.5 Å². The number of carbonyl (C=O) groups excluding carboxylic acids is 2. The van der Waals surface area contributed by atoms with Crippen LogP contribution in [0.2, 0.25) is 0 Å². The Hall–Kier alpha value is -3.18. The highest BCUT2D eigenvalue weighted by Crippen LogP contribution is 2.53. The van der Waals surface area contributed by atoms with E-state index in [0.29, 0.717) is 17.7 Å². The second kappa shape index (κ2) is 8.16. The molecule has 160 valence electrons. The number of fused-ring (bicyclic) bond motifs is 2. The number of esters is 2. The average Bonchev–Trinajstić information content (AvgIpc) is 3.00. The molecule has 2 aromatic rings. The molecule has 3 atom stereocenters. The fourth-order valence-electron chi connectivity index (χ4n) is 4.97. The van der Waals surface area contributed by atoms with Gasteiger partial charge in [0.2, 0.25) is 0 Å². The number of ether oxygens (including phenoxy) is 2. The minimum absolute atomic E-state index is 0.0427. The topological polar surface area (TPSA) is 55.8 Å². The number of methoxy groups -OCH3 is 2. The fourth-order valence-corrected chi connectivity index (χ4v) is 4.97. The third kappa shape index (κ3) is 3.29. The predicted molar refractivity (Wildman–Crippen MR) is 119 cm³/mol. The third-order valence-electron chi connectivity index (χ3n) is 6.67. The van der Waals surface area contributed by atoms with Gasteiger partial charge in [0.15, 0.2) is 0 Å². The van der Waals surface area contributed by atoms with Gasteiger partial charge in [-0.25, -0.2) is 9.59 Å². The molecule has 31 heavy (non-hydrogen) atoms. The van der Waals surface area contributed by atoms with Crippen LogP contribution < -0.4 is 0 Å². The lowest BCUT2D eigenvalue weighted by Crippen LogP contribution is -2.55. The summed E-state index contributed by atoms with van der Waals surface area (Å²) in [5.74, 6) is -1.03. The maximum Gasteiger partial charge on any atom is 0.336 e. The zero-order chi connectivity index (χ0) is 22.2. The van der Waals surface area contributed by atoms with Crippen molar-refractivity contribution >= 4 is 17.5 Å². The normalized spacial score (nSPS) is 25.2. The van der Waals surface area contributed by atoms with E-state index < -0.39 is 23.5 Å². The first-order valence-electron chi connectivity index (χ1n) is 10.4. The lowest BCUT2D eigenvalue weighted by Gasteiger charge is -2.47. The van der Waals surface area contributed by atoms with Crippen molar-refractivity contribution in [3.05, 3.63) is 89.0 Å². The van der Waals surface area contributed by atoms with Gasteiger partial charge < -0.3 is 9.47 Å². The Kier molecular flexibility index (Phi) is 5.54. The van der Waals surface area contributed by atoms with Gasteiger partial charge in [-0.1, -0.05) is 73.7 Å². The Bertz CT molecular complexity index is 1060. The highest BCUT2D eigenvalue weighted by molar-refractivity contribution is 6.07. The van der Waals surface area contributed by atoms with E-state index in [9.17, 15) is 9.59 Å². The van der Waals surface area contributed by atoms with Crippen LogP contribution in [-0.4, -0.2) is 42.6 Å². The predicted octanol–water partition coefficient (Wildman–Crippen LogP) is 4.01. The highest BCUT2D eigenvalue weighted by atomic mass is 16.5. The van der Waals surface area contributed by atoms with Crippen molar-refractivity contribution in [3.63, 3.8) is 0 Å². The summed E-state index contributed by atoms with van der Waals surface area (Å²) in [4.78, 5) is 28.4. The average molecular weight is 418 g/mol. The van der Waals surface area contributed by atoms with E-state index in [1.165, 1.54) is 14.2 Å². The maximum atomic E-state index is 13.1. The summed E-state index contributed by atoms with van der Waals surface area (Å²) < 4.78 is 10.3. The Morgan fingerprint density at radius 2 is 1.52 bits per heavy atom. The summed E-state index contributed by atoms with van der Waals surface area (Å²) >= 11 is 0. The molecule has 2 bridgehead atoms. The molecule has 5 nitrogen and oxygen atoms in total. The first-order valence-corrected chi connectivity index (χ1v) is 10.4. The largest absolute Gasteiger partial charge is 0.466 e. The van der Waals surface area contributed by atoms with Crippen molar-refractivity contribution in [2.45, 2.75) is 32.0 Å². The van der Waals surface area contributed by atoms with E-state index in [4.69, 9.17) is 9.47 Å². The van der Waals surface area contributed by atoms with Crippen LogP contribution in [0.15, 0.2) is 77.9 Å². The van der Waals surface area contributed by atoms with Crippen molar-refractivity contribution in [3.8, 4) is 0 Å². The SMILES string of the molecule is COC(=O)C1=C(C(=O)OC)[C@]2(C)[C@@H](C)C=C(c3ccccc3)[C@H]1N2Cc1ccccc1. The van der Waals surface area contributed by atoms with Gasteiger partial charge in [0.25, 0.3) is 0 Å². The second-order valence-corrected chi connectivity index (χ2v) is 8.21. The van der Waals surface area contributed by atoms with Crippen LogP contribution in [0, 0.1) is 5.92 Å². The lowest BCUT2D eigenvalue weighted by molar-refractivity contribution is -0.139. The van der Waals surface area contributed by atoms with Gasteiger partial charge in [0.05, 0.1) is 36.9 Å². The minimum atomic E-state index is -0.713. The number of hydrogen-bond acceptors (Lipinski definition) is 5. The molecule has 0 spiro atoms. The maximum absolute atomic E-state index is 13.1. The molecule has 4 rings (SSSR count). The van der Waals surface area contributed by atoms with Crippen molar-refractivity contribution < 1.29 is 19.1 Å². The molecule has 0 unspecified atom stereocenters. The van der Waals surface area contributed by atoms with Gasteiger partial charge in [-0.2, -0.15) is 0 Å². The Morgan fingerprint density at radius 1 is 0.935 bits per heavy atom. The third-order valence-corrected chi connectivity index (χ3v) is 6.67. The molecule has 0 N–H and O–H groups in total. The molecule has 2 aliphatic heterocycles. The smallest absolute Gasteiger partial charge is 0.336 e. The highest BCUT2D eigenvalue weighted by Gasteiger charge is 2.59. The van der Waals surface area contributed by atoms with Gasteiger partial charge in [0, 0.05) is 6.54 Å². The quantitative estimate of drug-likeness (QED) is 0.688. The Balaban J connectivity index is 1.96. The standard InChI is InChI=1S/C26H27NO4/c1-17-15-20(19-13-9-6-10-14-19)23-21(24(28)30-3)22(25(29)31-4)26(17,2)27(23)16-18-11-7-5-8-12-18/h5-15,17,23H,16H2,1-4H3/t17-,23+,26-/m0/s1. The van der Waals surface area contributed by atoms with Crippen molar-refractivity contribution in [1.29, 1.82) is 0 Å². The van der Waals surface area contributed by atoms with E-state index in [1.54, 1.807) is 0 Å². The molecular formula is C26H27NO4. The van der Waals surface area contributed by atoms with Gasteiger partial charge >= 0.3 is 11.9 Å². The van der Waals surface area contributed by atoms with E-state index in [0.717, 1.165) is 16.7 Å². The summed E-state index contributed by atoms with van der Waals surface area (Å²) in [6.07, 6.45) is 2.18. The van der Waals surface area contributed by atoms with Crippen LogP contribution in [-0.2, 0) is 25.6 Å². The molecule has 0 saturated carbocycles. The van der Waals surface area contributed by atoms with Gasteiger partial charge in [-0.15, -0.1) is 0 Å². The van der Waals surface area contributed by atoms with E-state index in [-0.39, 0.29) is 5.92 Å². The molecule has 2 aromatic carbocycles. The molecule has 5 heteroatoms. The summed E-state index contributed by atoms with van der Waals surface area (Å²) in [6, 6.07) is 19.7. The zero-order valence-corrected chi connectivity index (χ0v) is 18.3. The molecule has 0 fully saturated rings. The van der Waals surface area contributed by atoms with Crippen LogP contribution in [0.1, 0.15) is 25.0 Å². The van der Waals surface area contributed by atoms with E-state index in [2.05, 4.69) is 30.0 Å². The van der Waals surface area contributed by atoms with Crippen LogP contribution in [0.4, 0.5) is 0 Å². The molecular weight excluding hydrogens is 390 g/mol. The summed E-state index contributed by atoms with van der Waals surface area (Å²) in [5.41, 5.74) is 3.17. The summed E-state index contributed by atoms with van der Waals surface area (Å²) in [7, 11) is 2.71. The van der Waals surface area contributed by atoms with Crippen molar-refractivity contribution in [2.24, 2.45) is 5.92 Å². The van der Waals surface area contributed by atoms with Crippen LogP contribution in [0.25, 0.3) is 5.57 Å². The summed E-state index contributed by atoms with van der Waals surface area (Å²) in [5, 5.41) is 0. The molecule has 0 aliphatic carbocycles. The first kappa shape index (κ1) is 21.1. The van der Waals surface area contributed by atoms with Gasteiger partial charge in [-0.05, 0) is 29.5 Å². The number of carbonyl (C=O) groups is 2. The van der Waals surface area contributed by atoms with Crippen molar-refractivity contribution in [1.82, 2.24) is 4.90 Å². The molecule has 0 aromatic heterocycles. The van der Waals surface area contributed by atoms with Gasteiger partial charge in [-0.3, -0.25) is 4.90 Å². The minimum Gasteiger partial charge on any atom is -0.466 e. The molecule has 0 amide bonds. The monoisotopic (exact) mass is 417 g/mol. The van der Waals surface area contributed by atoms with Crippen LogP contribution in [0.5, 0.6) is 0 Å². The fraction of sp³-hybridized carbons (Fsp3) is 0.308. The molecule has 2 heterocycles. The Labute approximate surface area is 183 Å². The summed E-state index contributed by atoms with van der Waals surface area (Å²) in [6.45, 7) is 4.69. The Morgan fingerprint density at radius 3 is 2.10 bits per heavy atom. The van der Waals surface area contributed by atoms with Crippen LogP contribution >= 0.6 is 0 Å². The number of rotatable bonds is 5. The zero-order valence-electron chi connectivity index (χ0n) is 18.3. The first-order chi connectivity index (χ1) is 14.9. The number of benzene rings is 2. The van der Waals surface area contributed by atoms with Crippen LogP contribution in [0.3, 0.4) is 0 Å². The molecule has 0 saturated heterocycles. The van der Waals surface area contributed by atoms with E-state index >= 15 is 0 Å². The van der Waals surface area contributed by atoms with Gasteiger partial charge in [0.1, 0.15) is 0 Å². The molecule has 0 radical (unpaired) electrons. The molecule has 2 aliphatic rings.